The zero-order valence-electron chi connectivity index (χ0n) is 24.3. The van der Waals surface area contributed by atoms with E-state index in [-0.39, 0.29) is 83.2 Å². The van der Waals surface area contributed by atoms with Crippen LogP contribution in [0.1, 0.15) is 80.1 Å². The quantitative estimate of drug-likeness (QED) is 0.0365. The Morgan fingerprint density at radius 2 is 1.31 bits per heavy atom. The Kier molecular flexibility index (Phi) is 22.0. The van der Waals surface area contributed by atoms with E-state index in [2.05, 4.69) is 48.1 Å². The summed E-state index contributed by atoms with van der Waals surface area (Å²) in [5, 5.41) is 0. The standard InChI is InChI=1S/C28H49ClO6S3.Fe/c1-8-12-28(18-33-23(30)9-13-36,19-34-24(31)10-14-37)20-35-25(32)11-15-38-26(5,6)17-22(4)27(7,29)16-21(2)3;/h8,21-22,36-37H,1,9-20H2,2-7H3;/q;+3/p-2. The zero-order chi connectivity index (χ0) is 29.4. The molecule has 227 valence electrons. The summed E-state index contributed by atoms with van der Waals surface area (Å²) in [7, 11) is 0. The molecule has 0 aromatic heterocycles. The van der Waals surface area contributed by atoms with Crippen LogP contribution in [-0.2, 0) is 70.9 Å². The third-order valence-corrected chi connectivity index (χ3v) is 8.53. The minimum absolute atomic E-state index is 0. The molecule has 0 aliphatic carbocycles. The number of carbonyl (C=O) groups is 3. The maximum Gasteiger partial charge on any atom is 3.00 e. The summed E-state index contributed by atoms with van der Waals surface area (Å²) >= 11 is 18.2. The second kappa shape index (κ2) is 20.8. The van der Waals surface area contributed by atoms with Crippen molar-refractivity contribution in [3.05, 3.63) is 12.7 Å². The van der Waals surface area contributed by atoms with Gasteiger partial charge in [0, 0.05) is 28.2 Å². The number of halogens is 1. The Balaban J connectivity index is 0. The number of allylic oxidation sites excluding steroid dienone is 1. The summed E-state index contributed by atoms with van der Waals surface area (Å²) in [4.78, 5) is 36.3. The second-order valence-corrected chi connectivity index (χ2v) is 14.7. The Morgan fingerprint density at radius 3 is 1.69 bits per heavy atom. The molecule has 0 saturated carbocycles. The van der Waals surface area contributed by atoms with E-state index in [1.165, 1.54) is 0 Å². The number of alkyl halides is 1. The van der Waals surface area contributed by atoms with Gasteiger partial charge in [-0.05, 0) is 38.0 Å². The van der Waals surface area contributed by atoms with E-state index < -0.39 is 17.4 Å². The molecule has 0 aliphatic heterocycles. The van der Waals surface area contributed by atoms with Crippen LogP contribution in [0.25, 0.3) is 0 Å². The van der Waals surface area contributed by atoms with Crippen LogP contribution in [0.4, 0.5) is 0 Å². The summed E-state index contributed by atoms with van der Waals surface area (Å²) in [6.07, 6.45) is 4.23. The maximum atomic E-state index is 12.6. The molecule has 0 bridgehead atoms. The summed E-state index contributed by atoms with van der Waals surface area (Å²) in [5.74, 6) is 0.636. The van der Waals surface area contributed by atoms with Crippen LogP contribution in [0.2, 0.25) is 0 Å². The number of rotatable bonds is 21. The number of carbonyl (C=O) groups excluding carboxylic acids is 3. The fourth-order valence-corrected chi connectivity index (χ4v) is 6.02. The molecule has 1 radical (unpaired) electrons. The molecule has 6 nitrogen and oxygen atoms in total. The van der Waals surface area contributed by atoms with E-state index in [1.54, 1.807) is 17.8 Å². The normalized spacial score (nSPS) is 14.1. The summed E-state index contributed by atoms with van der Waals surface area (Å²) in [6, 6.07) is 0. The maximum absolute atomic E-state index is 12.6. The molecule has 0 N–H and O–H groups in total. The average molecular weight is 667 g/mol. The SMILES string of the molecule is C=CCC(COC(=O)CC[S-])(COC(=O)CC[S-])COC(=O)CCSC(C)(C)CC(C)C(C)(Cl)CC(C)C.[Fe+3]. The fourth-order valence-electron chi connectivity index (χ4n) is 4.11. The molecule has 0 heterocycles. The van der Waals surface area contributed by atoms with Gasteiger partial charge in [-0.3, -0.25) is 14.4 Å². The van der Waals surface area contributed by atoms with Crippen molar-refractivity contribution in [3.63, 3.8) is 0 Å². The van der Waals surface area contributed by atoms with Gasteiger partial charge >= 0.3 is 35.0 Å². The Labute approximate surface area is 267 Å². The number of ether oxygens (including phenoxy) is 3. The molecule has 39 heavy (non-hydrogen) atoms. The van der Waals surface area contributed by atoms with Crippen molar-refractivity contribution in [1.82, 2.24) is 0 Å². The molecule has 0 rings (SSSR count). The first-order valence-electron chi connectivity index (χ1n) is 13.2. The topological polar surface area (TPSA) is 78.9 Å². The third kappa shape index (κ3) is 18.9. The first kappa shape index (κ1) is 41.1. The molecule has 0 aromatic rings. The Bertz CT molecular complexity index is 727. The van der Waals surface area contributed by atoms with Crippen molar-refractivity contribution in [2.45, 2.75) is 89.7 Å². The van der Waals surface area contributed by atoms with E-state index in [4.69, 9.17) is 51.1 Å². The van der Waals surface area contributed by atoms with Gasteiger partial charge in [0.25, 0.3) is 0 Å². The van der Waals surface area contributed by atoms with Gasteiger partial charge in [0.15, 0.2) is 0 Å². The predicted octanol–water partition coefficient (Wildman–Crippen LogP) is 6.02. The molecule has 2 atom stereocenters. The van der Waals surface area contributed by atoms with Crippen LogP contribution in [-0.4, -0.2) is 64.6 Å². The van der Waals surface area contributed by atoms with Crippen LogP contribution >= 0.6 is 23.4 Å². The zero-order valence-corrected chi connectivity index (χ0v) is 28.6. The molecule has 0 aromatic carbocycles. The van der Waals surface area contributed by atoms with Crippen molar-refractivity contribution >= 4 is 66.5 Å². The van der Waals surface area contributed by atoms with Crippen molar-refractivity contribution in [2.75, 3.05) is 37.1 Å². The van der Waals surface area contributed by atoms with Gasteiger partial charge in [-0.2, -0.15) is 23.3 Å². The molecule has 2 unspecified atom stereocenters. The van der Waals surface area contributed by atoms with Crippen LogP contribution in [0.5, 0.6) is 0 Å². The van der Waals surface area contributed by atoms with Crippen LogP contribution < -0.4 is 0 Å². The minimum atomic E-state index is -0.936. The number of hydrogen-bond acceptors (Lipinski definition) is 9. The van der Waals surface area contributed by atoms with E-state index in [0.717, 1.165) is 12.8 Å². The molecular formula is C28H47ClFeO6S3+. The molecular weight excluding hydrogens is 620 g/mol. The first-order chi connectivity index (χ1) is 17.6. The third-order valence-electron chi connectivity index (χ3n) is 6.24. The van der Waals surface area contributed by atoms with Gasteiger partial charge in [0.2, 0.25) is 0 Å². The van der Waals surface area contributed by atoms with Crippen LogP contribution in [0.3, 0.4) is 0 Å². The van der Waals surface area contributed by atoms with Crippen LogP contribution in [0, 0.1) is 17.3 Å². The van der Waals surface area contributed by atoms with Gasteiger partial charge < -0.3 is 39.5 Å². The Morgan fingerprint density at radius 1 is 0.872 bits per heavy atom. The molecule has 0 aliphatic rings. The molecule has 0 saturated heterocycles. The second-order valence-electron chi connectivity index (χ2n) is 11.2. The van der Waals surface area contributed by atoms with E-state index in [1.807, 2.05) is 0 Å². The summed E-state index contributed by atoms with van der Waals surface area (Å²) < 4.78 is 16.3. The first-order valence-corrected chi connectivity index (χ1v) is 15.7. The Hall–Kier alpha value is 0.00948. The molecule has 0 amide bonds. The van der Waals surface area contributed by atoms with Crippen molar-refractivity contribution in [1.29, 1.82) is 0 Å². The van der Waals surface area contributed by atoms with Crippen molar-refractivity contribution in [2.24, 2.45) is 17.3 Å². The van der Waals surface area contributed by atoms with Gasteiger partial charge in [-0.25, -0.2) is 0 Å². The smallest absolute Gasteiger partial charge is 0.792 e. The van der Waals surface area contributed by atoms with Crippen LogP contribution in [0.15, 0.2) is 12.7 Å². The molecule has 0 fully saturated rings. The number of hydrogen-bond donors (Lipinski definition) is 0. The van der Waals surface area contributed by atoms with E-state index >= 15 is 0 Å². The summed E-state index contributed by atoms with van der Waals surface area (Å²) in [6.45, 7) is 16.5. The number of thioether (sulfide) groups is 1. The van der Waals surface area contributed by atoms with Gasteiger partial charge in [-0.15, -0.1) is 18.2 Å². The van der Waals surface area contributed by atoms with Gasteiger partial charge in [-0.1, -0.05) is 40.7 Å². The molecule has 0 spiro atoms. The largest absolute Gasteiger partial charge is 3.00 e. The minimum Gasteiger partial charge on any atom is -0.792 e. The van der Waals surface area contributed by atoms with Gasteiger partial charge in [0.1, 0.15) is 19.8 Å². The van der Waals surface area contributed by atoms with Crippen molar-refractivity contribution in [3.8, 4) is 0 Å². The number of esters is 3. The monoisotopic (exact) mass is 666 g/mol. The average Bonchev–Trinajstić information content (AvgIpc) is 2.79. The fraction of sp³-hybridized carbons (Fsp3) is 0.821. The molecule has 11 heteroatoms. The van der Waals surface area contributed by atoms with E-state index in [9.17, 15) is 14.4 Å². The van der Waals surface area contributed by atoms with E-state index in [0.29, 0.717) is 24.0 Å². The summed E-state index contributed by atoms with van der Waals surface area (Å²) in [5.41, 5.74) is -0.936. The van der Waals surface area contributed by atoms with Crippen molar-refractivity contribution < 1.29 is 45.7 Å². The van der Waals surface area contributed by atoms with Gasteiger partial charge in [0.05, 0.1) is 11.8 Å². The predicted molar refractivity (Wildman–Crippen MR) is 162 cm³/mol.